The Bertz CT molecular complexity index is 1730. The van der Waals surface area contributed by atoms with Crippen LogP contribution in [-0.4, -0.2) is 199 Å². The second kappa shape index (κ2) is 30.4. The van der Waals surface area contributed by atoms with Crippen molar-refractivity contribution in [3.05, 3.63) is 41.2 Å². The van der Waals surface area contributed by atoms with Crippen LogP contribution in [0.5, 0.6) is 5.75 Å². The number of nitrogens with zero attached hydrogens (tertiary/aromatic N) is 3. The Labute approximate surface area is 377 Å². The number of hydrogen-bond acceptors (Lipinski definition) is 19. The fourth-order valence-electron chi connectivity index (χ4n) is 6.06. The number of benzene rings is 1. The highest BCUT2D eigenvalue weighted by atomic mass is 19.2. The van der Waals surface area contributed by atoms with Crippen molar-refractivity contribution in [2.75, 3.05) is 125 Å². The van der Waals surface area contributed by atoms with Crippen molar-refractivity contribution in [3.8, 4) is 5.75 Å². The van der Waals surface area contributed by atoms with Gasteiger partial charge in [0.05, 0.1) is 145 Å². The molecule has 2 saturated heterocycles. The highest BCUT2D eigenvalue weighted by Crippen LogP contribution is 2.37. The molecule has 0 radical (unpaired) electrons. The molecule has 374 valence electrons. The minimum Gasteiger partial charge on any atom is -0.420 e. The van der Waals surface area contributed by atoms with E-state index in [1.54, 1.807) is 10.9 Å². The average Bonchev–Trinajstić information content (AvgIpc) is 3.93. The first kappa shape index (κ1) is 54.6. The lowest BCUT2D eigenvalue weighted by Crippen LogP contribution is -2.66. The van der Waals surface area contributed by atoms with Gasteiger partial charge in [-0.25, -0.2) is 13.5 Å². The summed E-state index contributed by atoms with van der Waals surface area (Å²) in [6.45, 7) is 6.25. The van der Waals surface area contributed by atoms with Gasteiger partial charge in [-0.15, -0.1) is 5.10 Å². The molecule has 1 aromatic carbocycles. The van der Waals surface area contributed by atoms with Crippen molar-refractivity contribution in [1.29, 1.82) is 0 Å². The van der Waals surface area contributed by atoms with E-state index in [4.69, 9.17) is 52.1 Å². The Hall–Kier alpha value is -4.03. The molecule has 2 aliphatic heterocycles. The van der Waals surface area contributed by atoms with Crippen molar-refractivity contribution in [3.63, 3.8) is 0 Å². The highest BCUT2D eigenvalue weighted by Gasteiger charge is 2.59. The van der Waals surface area contributed by atoms with Crippen LogP contribution >= 0.6 is 0 Å². The van der Waals surface area contributed by atoms with Crippen LogP contribution < -0.4 is 15.4 Å². The average molecular weight is 958 g/mol. The lowest BCUT2D eigenvalue weighted by atomic mass is 9.88. The van der Waals surface area contributed by atoms with Gasteiger partial charge in [0.15, 0.2) is 17.9 Å². The van der Waals surface area contributed by atoms with Crippen LogP contribution in [0.1, 0.15) is 25.5 Å². The first-order valence-electron chi connectivity index (χ1n) is 21.2. The Balaban J connectivity index is 0.845. The molecule has 4 N–H and O–H groups in total. The zero-order valence-corrected chi connectivity index (χ0v) is 36.6. The van der Waals surface area contributed by atoms with Gasteiger partial charge in [0, 0.05) is 26.0 Å². The number of aliphatic hydroxyl groups is 2. The van der Waals surface area contributed by atoms with E-state index >= 15 is 0 Å². The third-order valence-electron chi connectivity index (χ3n) is 9.40. The van der Waals surface area contributed by atoms with Crippen LogP contribution in [0.2, 0.25) is 0 Å². The third-order valence-corrected chi connectivity index (χ3v) is 9.40. The van der Waals surface area contributed by atoms with Crippen molar-refractivity contribution < 1.29 is 99.0 Å². The first-order chi connectivity index (χ1) is 31.9. The molecule has 2 fully saturated rings. The maximum Gasteiger partial charge on any atom is 0.313 e. The number of esters is 1. The number of ether oxygens (including phenoxy) is 12. The second-order valence-electron chi connectivity index (χ2n) is 14.5. The van der Waals surface area contributed by atoms with Gasteiger partial charge in [-0.05, 0) is 0 Å². The number of carbonyl (C=O) groups excluding carboxylic acids is 3. The van der Waals surface area contributed by atoms with Crippen LogP contribution in [0.15, 0.2) is 12.3 Å². The van der Waals surface area contributed by atoms with Crippen molar-refractivity contribution >= 4 is 17.8 Å². The van der Waals surface area contributed by atoms with Crippen LogP contribution in [0, 0.1) is 23.3 Å². The van der Waals surface area contributed by atoms with Gasteiger partial charge in [-0.1, -0.05) is 5.21 Å². The topological polar surface area (TPSA) is 257 Å². The van der Waals surface area contributed by atoms with E-state index in [1.807, 2.05) is 0 Å². The fourth-order valence-corrected chi connectivity index (χ4v) is 6.06. The van der Waals surface area contributed by atoms with Crippen molar-refractivity contribution in [2.45, 2.75) is 63.1 Å². The lowest BCUT2D eigenvalue weighted by molar-refractivity contribution is -0.238. The molecule has 0 unspecified atom stereocenters. The number of aliphatic hydroxyl groups excluding tert-OH is 2. The molecular formula is C40H59F4N5O17. The molecule has 2 amide bonds. The summed E-state index contributed by atoms with van der Waals surface area (Å²) in [6.07, 6.45) is -1.97. The van der Waals surface area contributed by atoms with E-state index in [0.717, 1.165) is 0 Å². The van der Waals surface area contributed by atoms with Gasteiger partial charge in [0.2, 0.25) is 29.2 Å². The van der Waals surface area contributed by atoms with Gasteiger partial charge in [-0.2, -0.15) is 8.78 Å². The third kappa shape index (κ3) is 19.3. The minimum atomic E-state index is -1.81. The Morgan fingerprint density at radius 3 is 1.89 bits per heavy atom. The highest BCUT2D eigenvalue weighted by molar-refractivity contribution is 5.76. The molecule has 26 heteroatoms. The van der Waals surface area contributed by atoms with E-state index in [0.29, 0.717) is 51.8 Å². The molecule has 0 saturated carbocycles. The van der Waals surface area contributed by atoms with E-state index < -0.39 is 71.5 Å². The number of amides is 2. The van der Waals surface area contributed by atoms with Gasteiger partial charge in [-0.3, -0.25) is 14.4 Å². The summed E-state index contributed by atoms with van der Waals surface area (Å²) in [7, 11) is 0. The fraction of sp³-hybridized carbons (Fsp3) is 0.725. The van der Waals surface area contributed by atoms with Crippen molar-refractivity contribution in [2.24, 2.45) is 0 Å². The molecule has 0 spiro atoms. The monoisotopic (exact) mass is 957 g/mol. The standard InChI is InChI=1S/C40H59F4N5O17/c1-27(50)46-35-36(53)38(54)40(26-64-39(35)66-40)25-63-21-20-61-19-18-60-15-12-57-9-5-49-23-28(47-48-49)24-62-8-4-45-31(51)2-6-55-10-13-58-16-17-59-14-11-56-7-3-32(52)65-37-33(43)29(41)22-30(42)34(37)44/h22-23,35-36,38-39,53-54H,2-21,24-26H2,1H3,(H,45,51)(H,46,50)/t35-,36-,38-,39+,40+/m1/s1. The largest absolute Gasteiger partial charge is 0.420 e. The summed E-state index contributed by atoms with van der Waals surface area (Å²) in [5.41, 5.74) is -0.600. The number of carbonyl (C=O) groups is 3. The molecule has 3 heterocycles. The number of aromatic nitrogens is 3. The number of nitrogens with one attached hydrogen (secondary N) is 2. The van der Waals surface area contributed by atoms with Crippen LogP contribution in [0.3, 0.4) is 0 Å². The molecule has 2 aromatic rings. The molecule has 22 nitrogen and oxygen atoms in total. The van der Waals surface area contributed by atoms with Crippen molar-refractivity contribution in [1.82, 2.24) is 25.6 Å². The Morgan fingerprint density at radius 2 is 1.30 bits per heavy atom. The molecule has 66 heavy (non-hydrogen) atoms. The predicted octanol–water partition coefficient (Wildman–Crippen LogP) is -0.662. The summed E-state index contributed by atoms with van der Waals surface area (Å²) in [4.78, 5) is 35.1. The van der Waals surface area contributed by atoms with E-state index in [2.05, 4.69) is 25.7 Å². The van der Waals surface area contributed by atoms with E-state index in [-0.39, 0.29) is 117 Å². The summed E-state index contributed by atoms with van der Waals surface area (Å²) >= 11 is 0. The van der Waals surface area contributed by atoms with Gasteiger partial charge in [0.1, 0.15) is 29.5 Å². The molecule has 2 bridgehead atoms. The smallest absolute Gasteiger partial charge is 0.313 e. The minimum absolute atomic E-state index is 0.00520. The molecular weight excluding hydrogens is 898 g/mol. The number of halogens is 4. The SMILES string of the molecule is CC(=O)N[C@H]1[C@H]2OC[C@](COCCOCCOCCOCCn3cc(COCCNC(=O)CCOCCOCCOCCOCCC(=O)Oc4c(F)c(F)cc(F)c4F)nn3)(O2)[C@H](O)[C@@H]1O. The molecule has 4 rings (SSSR count). The van der Waals surface area contributed by atoms with Gasteiger partial charge >= 0.3 is 5.97 Å². The first-order valence-corrected chi connectivity index (χ1v) is 21.2. The Kier molecular flexibility index (Phi) is 25.1. The summed E-state index contributed by atoms with van der Waals surface area (Å²) in [6, 6.07) is -0.871. The molecule has 2 aliphatic rings. The molecule has 1 aromatic heterocycles. The number of fused-ring (bicyclic) bond motifs is 2. The quantitative estimate of drug-likeness (QED) is 0.0217. The van der Waals surface area contributed by atoms with Crippen LogP contribution in [0.4, 0.5) is 17.6 Å². The summed E-state index contributed by atoms with van der Waals surface area (Å²) in [5, 5.41) is 34.4. The molecule has 0 aliphatic carbocycles. The van der Waals surface area contributed by atoms with Crippen LogP contribution in [-0.2, 0) is 79.6 Å². The maximum absolute atomic E-state index is 13.6. The van der Waals surface area contributed by atoms with E-state index in [9.17, 15) is 42.2 Å². The summed E-state index contributed by atoms with van der Waals surface area (Å²) < 4.78 is 120. The Morgan fingerprint density at radius 1 is 0.758 bits per heavy atom. The lowest BCUT2D eigenvalue weighted by Gasteiger charge is -2.42. The predicted molar refractivity (Wildman–Crippen MR) is 214 cm³/mol. The van der Waals surface area contributed by atoms with E-state index in [1.165, 1.54) is 6.92 Å². The summed E-state index contributed by atoms with van der Waals surface area (Å²) in [5.74, 6) is -10.2. The van der Waals surface area contributed by atoms with Gasteiger partial charge in [0.25, 0.3) is 0 Å². The normalized spacial score (nSPS) is 20.2. The maximum atomic E-state index is 13.6. The zero-order valence-electron chi connectivity index (χ0n) is 36.6. The second-order valence-corrected chi connectivity index (χ2v) is 14.5. The number of rotatable bonds is 36. The van der Waals surface area contributed by atoms with Crippen LogP contribution in [0.25, 0.3) is 0 Å². The van der Waals surface area contributed by atoms with Gasteiger partial charge < -0.3 is 77.7 Å². The zero-order chi connectivity index (χ0) is 47.6. The number of hydrogen-bond donors (Lipinski definition) is 4. The molecule has 5 atom stereocenters.